The number of esters is 1. The second kappa shape index (κ2) is 7.43. The van der Waals surface area contributed by atoms with Gasteiger partial charge in [-0.15, -0.1) is 0 Å². The Morgan fingerprint density at radius 3 is 2.50 bits per heavy atom. The number of benzene rings is 2. The van der Waals surface area contributed by atoms with Gasteiger partial charge in [-0.2, -0.15) is 4.98 Å². The average Bonchev–Trinajstić information content (AvgIpc) is 3.15. The predicted molar refractivity (Wildman–Crippen MR) is 104 cm³/mol. The molecule has 1 aliphatic heterocycles. The maximum Gasteiger partial charge on any atom is 0.337 e. The van der Waals surface area contributed by atoms with E-state index in [2.05, 4.69) is 20.6 Å². The Hall–Kier alpha value is -3.81. The summed E-state index contributed by atoms with van der Waals surface area (Å²) >= 11 is 0. The van der Waals surface area contributed by atoms with Gasteiger partial charge in [-0.3, -0.25) is 0 Å². The summed E-state index contributed by atoms with van der Waals surface area (Å²) in [6.07, 6.45) is 0. The van der Waals surface area contributed by atoms with Gasteiger partial charge >= 0.3 is 5.97 Å². The van der Waals surface area contributed by atoms with E-state index in [4.69, 9.17) is 14.2 Å². The molecule has 0 saturated heterocycles. The topological polar surface area (TPSA) is 94.6 Å². The number of hydrogen-bond donors (Lipinski definition) is 2. The number of aromatic nitrogens is 2. The van der Waals surface area contributed by atoms with E-state index in [9.17, 15) is 4.79 Å². The monoisotopic (exact) mass is 378 g/mol. The predicted octanol–water partition coefficient (Wildman–Crippen LogP) is 3.79. The van der Waals surface area contributed by atoms with Crippen molar-refractivity contribution in [2.75, 3.05) is 24.5 Å². The summed E-state index contributed by atoms with van der Waals surface area (Å²) < 4.78 is 15.4. The van der Waals surface area contributed by atoms with Crippen molar-refractivity contribution in [1.29, 1.82) is 0 Å². The lowest BCUT2D eigenvalue weighted by Gasteiger charge is -2.11. The molecule has 0 radical (unpaired) electrons. The summed E-state index contributed by atoms with van der Waals surface area (Å²) in [6, 6.07) is 14.3. The highest BCUT2D eigenvalue weighted by atomic mass is 16.7. The molecule has 8 nitrogen and oxygen atoms in total. The van der Waals surface area contributed by atoms with E-state index >= 15 is 0 Å². The number of nitrogens with zero attached hydrogens (tertiary/aromatic N) is 2. The molecule has 0 saturated carbocycles. The van der Waals surface area contributed by atoms with Gasteiger partial charge in [0.2, 0.25) is 12.7 Å². The minimum absolute atomic E-state index is 0.230. The quantitative estimate of drug-likeness (QED) is 0.648. The zero-order chi connectivity index (χ0) is 19.5. The molecule has 0 spiro atoms. The van der Waals surface area contributed by atoms with Gasteiger partial charge in [-0.1, -0.05) is 0 Å². The first-order valence-corrected chi connectivity index (χ1v) is 8.58. The third kappa shape index (κ3) is 3.80. The largest absolute Gasteiger partial charge is 0.465 e. The first kappa shape index (κ1) is 17.6. The van der Waals surface area contributed by atoms with Gasteiger partial charge in [-0.25, -0.2) is 9.78 Å². The van der Waals surface area contributed by atoms with Gasteiger partial charge in [0.15, 0.2) is 11.5 Å². The molecule has 1 aromatic heterocycles. The highest BCUT2D eigenvalue weighted by Gasteiger charge is 2.14. The molecule has 0 bridgehead atoms. The van der Waals surface area contributed by atoms with Gasteiger partial charge in [0.1, 0.15) is 5.82 Å². The van der Waals surface area contributed by atoms with Crippen LogP contribution in [0.3, 0.4) is 0 Å². The van der Waals surface area contributed by atoms with Crippen molar-refractivity contribution in [2.45, 2.75) is 6.92 Å². The van der Waals surface area contributed by atoms with Crippen LogP contribution < -0.4 is 20.1 Å². The minimum atomic E-state index is -0.381. The van der Waals surface area contributed by atoms with Crippen molar-refractivity contribution in [2.24, 2.45) is 0 Å². The smallest absolute Gasteiger partial charge is 0.337 e. The standard InChI is InChI=1S/C20H18N4O4/c1-12-9-18(22-15-7-8-16-17(10-15)28-11-27-16)24-20(21-12)23-14-5-3-13(4-6-14)19(25)26-2/h3-10H,11H2,1-2H3,(H2,21,22,23,24). The Balaban J connectivity index is 1.51. The summed E-state index contributed by atoms with van der Waals surface area (Å²) in [5.74, 6) is 2.12. The van der Waals surface area contributed by atoms with Crippen LogP contribution in [-0.4, -0.2) is 29.8 Å². The van der Waals surface area contributed by atoms with Crippen LogP contribution in [0.1, 0.15) is 16.1 Å². The number of carbonyl (C=O) groups excluding carboxylic acids is 1. The Labute approximate surface area is 161 Å². The first-order chi connectivity index (χ1) is 13.6. The van der Waals surface area contributed by atoms with E-state index in [-0.39, 0.29) is 12.8 Å². The van der Waals surface area contributed by atoms with E-state index in [0.29, 0.717) is 23.1 Å². The van der Waals surface area contributed by atoms with E-state index in [0.717, 1.165) is 22.8 Å². The van der Waals surface area contributed by atoms with E-state index < -0.39 is 0 Å². The van der Waals surface area contributed by atoms with Crippen molar-refractivity contribution < 1.29 is 19.0 Å². The molecule has 142 valence electrons. The highest BCUT2D eigenvalue weighted by molar-refractivity contribution is 5.89. The number of hydrogen-bond acceptors (Lipinski definition) is 8. The maximum absolute atomic E-state index is 11.5. The molecular formula is C20H18N4O4. The van der Waals surface area contributed by atoms with Gasteiger partial charge in [0, 0.05) is 29.2 Å². The lowest BCUT2D eigenvalue weighted by molar-refractivity contribution is 0.0601. The zero-order valence-electron chi connectivity index (χ0n) is 15.4. The molecule has 0 amide bonds. The first-order valence-electron chi connectivity index (χ1n) is 8.58. The van der Waals surface area contributed by atoms with Crippen molar-refractivity contribution >= 4 is 29.1 Å². The van der Waals surface area contributed by atoms with Gasteiger partial charge in [-0.05, 0) is 43.3 Å². The molecular weight excluding hydrogens is 360 g/mol. The zero-order valence-corrected chi connectivity index (χ0v) is 15.4. The molecule has 1 aliphatic rings. The van der Waals surface area contributed by atoms with Crippen molar-refractivity contribution in [1.82, 2.24) is 9.97 Å². The van der Waals surface area contributed by atoms with Crippen LogP contribution in [0.25, 0.3) is 0 Å². The van der Waals surface area contributed by atoms with Crippen LogP contribution in [0.2, 0.25) is 0 Å². The number of nitrogens with one attached hydrogen (secondary N) is 2. The Bertz CT molecular complexity index is 1020. The van der Waals surface area contributed by atoms with Crippen LogP contribution in [0, 0.1) is 6.92 Å². The number of aryl methyl sites for hydroxylation is 1. The third-order valence-corrected chi connectivity index (χ3v) is 4.06. The molecule has 3 aromatic rings. The second-order valence-corrected chi connectivity index (χ2v) is 6.11. The van der Waals surface area contributed by atoms with E-state index in [1.807, 2.05) is 31.2 Å². The summed E-state index contributed by atoms with van der Waals surface area (Å²) in [4.78, 5) is 20.4. The molecule has 0 atom stereocenters. The number of fused-ring (bicyclic) bond motifs is 1. The third-order valence-electron chi connectivity index (χ3n) is 4.06. The Kier molecular flexibility index (Phi) is 4.67. The van der Waals surface area contributed by atoms with Crippen molar-refractivity contribution in [3.63, 3.8) is 0 Å². The Morgan fingerprint density at radius 2 is 1.71 bits per heavy atom. The molecule has 2 aromatic carbocycles. The molecule has 0 fully saturated rings. The van der Waals surface area contributed by atoms with Crippen LogP contribution in [0.4, 0.5) is 23.1 Å². The summed E-state index contributed by atoms with van der Waals surface area (Å²) in [6.45, 7) is 2.12. The SMILES string of the molecule is COC(=O)c1ccc(Nc2nc(C)cc(Nc3ccc4c(c3)OCO4)n2)cc1. The van der Waals surface area contributed by atoms with Crippen LogP contribution >= 0.6 is 0 Å². The minimum Gasteiger partial charge on any atom is -0.465 e. The van der Waals surface area contributed by atoms with Gasteiger partial charge in [0.25, 0.3) is 0 Å². The summed E-state index contributed by atoms with van der Waals surface area (Å²) in [7, 11) is 1.35. The molecule has 28 heavy (non-hydrogen) atoms. The van der Waals surface area contributed by atoms with Gasteiger partial charge < -0.3 is 24.8 Å². The number of carbonyl (C=O) groups is 1. The van der Waals surface area contributed by atoms with Crippen molar-refractivity contribution in [3.05, 3.63) is 59.8 Å². The number of rotatable bonds is 5. The normalized spacial score (nSPS) is 11.8. The summed E-state index contributed by atoms with van der Waals surface area (Å²) in [5, 5.41) is 6.38. The average molecular weight is 378 g/mol. The molecule has 2 N–H and O–H groups in total. The second-order valence-electron chi connectivity index (χ2n) is 6.11. The molecule has 4 rings (SSSR count). The van der Waals surface area contributed by atoms with E-state index in [1.54, 1.807) is 24.3 Å². The molecule has 2 heterocycles. The molecule has 0 unspecified atom stereocenters. The molecule has 0 aliphatic carbocycles. The Morgan fingerprint density at radius 1 is 0.964 bits per heavy atom. The molecule has 8 heteroatoms. The fourth-order valence-electron chi connectivity index (χ4n) is 2.75. The number of methoxy groups -OCH3 is 1. The lowest BCUT2D eigenvalue weighted by atomic mass is 10.2. The fourth-order valence-corrected chi connectivity index (χ4v) is 2.75. The lowest BCUT2D eigenvalue weighted by Crippen LogP contribution is -2.03. The highest BCUT2D eigenvalue weighted by Crippen LogP contribution is 2.35. The maximum atomic E-state index is 11.5. The summed E-state index contributed by atoms with van der Waals surface area (Å²) in [5.41, 5.74) is 2.86. The fraction of sp³-hybridized carbons (Fsp3) is 0.150. The number of ether oxygens (including phenoxy) is 3. The van der Waals surface area contributed by atoms with Crippen LogP contribution in [0.5, 0.6) is 11.5 Å². The van der Waals surface area contributed by atoms with Crippen molar-refractivity contribution in [3.8, 4) is 11.5 Å². The van der Waals surface area contributed by atoms with E-state index in [1.165, 1.54) is 7.11 Å². The van der Waals surface area contributed by atoms with Crippen LogP contribution in [0.15, 0.2) is 48.5 Å². The van der Waals surface area contributed by atoms with Crippen LogP contribution in [-0.2, 0) is 4.74 Å². The number of anilines is 4. The van der Waals surface area contributed by atoms with Gasteiger partial charge in [0.05, 0.1) is 12.7 Å².